The summed E-state index contributed by atoms with van der Waals surface area (Å²) in [6, 6.07) is 5.56. The zero-order chi connectivity index (χ0) is 12.3. The Bertz CT molecular complexity index is 483. The summed E-state index contributed by atoms with van der Waals surface area (Å²) in [5, 5.41) is 5.25. The smallest absolute Gasteiger partial charge is 0.284 e. The molecule has 0 radical (unpaired) electrons. The second-order valence-corrected chi connectivity index (χ2v) is 3.88. The van der Waals surface area contributed by atoms with Crippen molar-refractivity contribution in [2.45, 2.75) is 19.4 Å². The van der Waals surface area contributed by atoms with E-state index in [4.69, 9.17) is 0 Å². The Hall–Kier alpha value is -2.17. The van der Waals surface area contributed by atoms with Crippen molar-refractivity contribution in [2.75, 3.05) is 5.32 Å². The molecule has 1 aliphatic rings. The number of hydrogen-bond donors (Lipinski definition) is 2. The Labute approximate surface area is 98.2 Å². The lowest BCUT2D eigenvalue weighted by Gasteiger charge is -2.17. The average Bonchev–Trinajstić information content (AvgIpc) is 2.35. The van der Waals surface area contributed by atoms with Crippen LogP contribution in [0.4, 0.5) is 5.69 Å². The van der Waals surface area contributed by atoms with E-state index < -0.39 is 5.91 Å². The molecule has 17 heavy (non-hydrogen) atoms. The number of carbonyl (C=O) groups is 3. The van der Waals surface area contributed by atoms with Gasteiger partial charge in [-0.25, -0.2) is 0 Å². The van der Waals surface area contributed by atoms with Crippen LogP contribution in [-0.4, -0.2) is 18.1 Å². The SMILES string of the molecule is O=CC(=O)NCc1ccc2c(c1)CCC(=O)N2. The predicted octanol–water partition coefficient (Wildman–Crippen LogP) is 0.386. The molecule has 2 N–H and O–H groups in total. The van der Waals surface area contributed by atoms with Crippen molar-refractivity contribution in [2.24, 2.45) is 0 Å². The zero-order valence-electron chi connectivity index (χ0n) is 9.16. The van der Waals surface area contributed by atoms with Gasteiger partial charge in [-0.15, -0.1) is 0 Å². The maximum absolute atomic E-state index is 11.2. The van der Waals surface area contributed by atoms with E-state index in [1.807, 2.05) is 18.2 Å². The van der Waals surface area contributed by atoms with Gasteiger partial charge in [-0.2, -0.15) is 0 Å². The van der Waals surface area contributed by atoms with E-state index in [1.165, 1.54) is 0 Å². The highest BCUT2D eigenvalue weighted by atomic mass is 16.2. The third-order valence-electron chi connectivity index (χ3n) is 2.64. The number of rotatable bonds is 3. The first-order valence-electron chi connectivity index (χ1n) is 5.33. The van der Waals surface area contributed by atoms with Gasteiger partial charge in [0.05, 0.1) is 0 Å². The molecule has 2 amide bonds. The van der Waals surface area contributed by atoms with E-state index in [9.17, 15) is 14.4 Å². The number of hydrogen-bond acceptors (Lipinski definition) is 3. The standard InChI is InChI=1S/C12H12N2O3/c15-7-12(17)13-6-8-1-3-10-9(5-8)2-4-11(16)14-10/h1,3,5,7H,2,4,6H2,(H,13,17)(H,14,16). The van der Waals surface area contributed by atoms with Crippen LogP contribution in [-0.2, 0) is 27.3 Å². The fraction of sp³-hybridized carbons (Fsp3) is 0.250. The van der Waals surface area contributed by atoms with Gasteiger partial charge in [0.1, 0.15) is 0 Å². The Morgan fingerprint density at radius 3 is 3.00 bits per heavy atom. The Balaban J connectivity index is 2.08. The topological polar surface area (TPSA) is 75.3 Å². The number of aryl methyl sites for hydroxylation is 1. The fourth-order valence-electron chi connectivity index (χ4n) is 1.78. The van der Waals surface area contributed by atoms with Crippen LogP contribution >= 0.6 is 0 Å². The lowest BCUT2D eigenvalue weighted by Crippen LogP contribution is -2.24. The summed E-state index contributed by atoms with van der Waals surface area (Å²) in [7, 11) is 0. The molecule has 0 aromatic heterocycles. The highest BCUT2D eigenvalue weighted by Crippen LogP contribution is 2.23. The monoisotopic (exact) mass is 232 g/mol. The first kappa shape index (κ1) is 11.3. The van der Waals surface area contributed by atoms with Gasteiger partial charge in [0, 0.05) is 18.7 Å². The van der Waals surface area contributed by atoms with Gasteiger partial charge in [-0.1, -0.05) is 12.1 Å². The molecule has 5 nitrogen and oxygen atoms in total. The summed E-state index contributed by atoms with van der Waals surface area (Å²) in [6.45, 7) is 0.318. The average molecular weight is 232 g/mol. The summed E-state index contributed by atoms with van der Waals surface area (Å²) in [5.41, 5.74) is 2.80. The molecule has 0 aliphatic carbocycles. The first-order chi connectivity index (χ1) is 8.19. The molecule has 1 aromatic carbocycles. The molecule has 0 atom stereocenters. The number of amides is 2. The van der Waals surface area contributed by atoms with Gasteiger partial charge in [0.25, 0.3) is 5.91 Å². The van der Waals surface area contributed by atoms with Crippen LogP contribution < -0.4 is 10.6 Å². The second-order valence-electron chi connectivity index (χ2n) is 3.88. The molecule has 0 bridgehead atoms. The van der Waals surface area contributed by atoms with Crippen LogP contribution in [0.3, 0.4) is 0 Å². The van der Waals surface area contributed by atoms with Gasteiger partial charge in [-0.05, 0) is 23.6 Å². The zero-order valence-corrected chi connectivity index (χ0v) is 9.16. The molecule has 88 valence electrons. The third kappa shape index (κ3) is 2.69. The minimum Gasteiger partial charge on any atom is -0.346 e. The molecule has 0 saturated carbocycles. The Morgan fingerprint density at radius 1 is 1.41 bits per heavy atom. The third-order valence-corrected chi connectivity index (χ3v) is 2.64. The maximum atomic E-state index is 11.2. The van der Waals surface area contributed by atoms with Crippen molar-refractivity contribution in [1.29, 1.82) is 0 Å². The molecule has 0 fully saturated rings. The number of fused-ring (bicyclic) bond motifs is 1. The summed E-state index contributed by atoms with van der Waals surface area (Å²) >= 11 is 0. The lowest BCUT2D eigenvalue weighted by molar-refractivity contribution is -0.131. The van der Waals surface area contributed by atoms with E-state index in [1.54, 1.807) is 0 Å². The van der Waals surface area contributed by atoms with E-state index >= 15 is 0 Å². The van der Waals surface area contributed by atoms with Crippen LogP contribution in [0.2, 0.25) is 0 Å². The molecule has 1 aliphatic heterocycles. The van der Waals surface area contributed by atoms with Crippen LogP contribution in [0.5, 0.6) is 0 Å². The van der Waals surface area contributed by atoms with Crippen LogP contribution in [0.1, 0.15) is 17.5 Å². The van der Waals surface area contributed by atoms with E-state index in [2.05, 4.69) is 10.6 Å². The largest absolute Gasteiger partial charge is 0.346 e. The normalized spacial score (nSPS) is 13.5. The fourth-order valence-corrected chi connectivity index (χ4v) is 1.78. The molecule has 0 spiro atoms. The van der Waals surface area contributed by atoms with Crippen molar-refractivity contribution in [1.82, 2.24) is 5.32 Å². The van der Waals surface area contributed by atoms with E-state index in [0.29, 0.717) is 19.4 Å². The summed E-state index contributed by atoms with van der Waals surface area (Å²) in [4.78, 5) is 32.1. The number of anilines is 1. The van der Waals surface area contributed by atoms with Gasteiger partial charge in [0.2, 0.25) is 12.2 Å². The van der Waals surface area contributed by atoms with Crippen molar-refractivity contribution in [3.05, 3.63) is 29.3 Å². The molecule has 5 heteroatoms. The molecule has 2 rings (SSSR count). The van der Waals surface area contributed by atoms with Gasteiger partial charge < -0.3 is 10.6 Å². The maximum Gasteiger partial charge on any atom is 0.284 e. The molecular formula is C12H12N2O3. The predicted molar refractivity (Wildman–Crippen MR) is 61.3 cm³/mol. The number of aldehydes is 1. The highest BCUT2D eigenvalue weighted by Gasteiger charge is 2.14. The number of benzene rings is 1. The number of nitrogens with one attached hydrogen (secondary N) is 2. The van der Waals surface area contributed by atoms with Crippen LogP contribution in [0.15, 0.2) is 18.2 Å². The molecule has 1 heterocycles. The number of carbonyl (C=O) groups excluding carboxylic acids is 3. The Morgan fingerprint density at radius 2 is 2.24 bits per heavy atom. The second kappa shape index (κ2) is 4.78. The van der Waals surface area contributed by atoms with Crippen molar-refractivity contribution >= 4 is 23.8 Å². The Kier molecular flexibility index (Phi) is 3.18. The van der Waals surface area contributed by atoms with Gasteiger partial charge in [0.15, 0.2) is 0 Å². The first-order valence-corrected chi connectivity index (χ1v) is 5.33. The van der Waals surface area contributed by atoms with Crippen LogP contribution in [0.25, 0.3) is 0 Å². The van der Waals surface area contributed by atoms with Crippen molar-refractivity contribution < 1.29 is 14.4 Å². The summed E-state index contributed by atoms with van der Waals surface area (Å²) in [5.74, 6) is -0.601. The minimum atomic E-state index is -0.629. The van der Waals surface area contributed by atoms with E-state index in [0.717, 1.165) is 16.8 Å². The summed E-state index contributed by atoms with van der Waals surface area (Å²) in [6.07, 6.45) is 1.44. The van der Waals surface area contributed by atoms with E-state index in [-0.39, 0.29) is 12.2 Å². The van der Waals surface area contributed by atoms with Gasteiger partial charge in [-0.3, -0.25) is 14.4 Å². The lowest BCUT2D eigenvalue weighted by atomic mass is 10.0. The minimum absolute atomic E-state index is 0.0273. The van der Waals surface area contributed by atoms with Gasteiger partial charge >= 0.3 is 0 Å². The highest BCUT2D eigenvalue weighted by molar-refractivity contribution is 6.23. The molecule has 1 aromatic rings. The van der Waals surface area contributed by atoms with Crippen LogP contribution in [0, 0.1) is 0 Å². The molecule has 0 saturated heterocycles. The molecule has 0 unspecified atom stereocenters. The van der Waals surface area contributed by atoms with Crippen molar-refractivity contribution in [3.8, 4) is 0 Å². The van der Waals surface area contributed by atoms with Crippen molar-refractivity contribution in [3.63, 3.8) is 0 Å². The molecular weight excluding hydrogens is 220 g/mol. The quantitative estimate of drug-likeness (QED) is 0.584. The summed E-state index contributed by atoms with van der Waals surface area (Å²) < 4.78 is 0.